The molecule has 22 heavy (non-hydrogen) atoms. The molecule has 0 saturated carbocycles. The molecule has 4 nitrogen and oxygen atoms in total. The van der Waals surface area contributed by atoms with Crippen molar-refractivity contribution in [2.24, 2.45) is 0 Å². The number of carbonyl (C=O) groups is 1. The highest BCUT2D eigenvalue weighted by molar-refractivity contribution is 5.98. The average molecular weight is 310 g/mol. The van der Waals surface area contributed by atoms with Gasteiger partial charge >= 0.3 is 12.1 Å². The largest absolute Gasteiger partial charge is 0.478 e. The highest BCUT2D eigenvalue weighted by atomic mass is 19.4. The topological polar surface area (TPSA) is 53.4 Å². The van der Waals surface area contributed by atoms with Crippen LogP contribution in [0.2, 0.25) is 0 Å². The summed E-state index contributed by atoms with van der Waals surface area (Å²) in [5.41, 5.74) is -0.362. The van der Waals surface area contributed by atoms with Crippen molar-refractivity contribution in [3.05, 3.63) is 35.5 Å². The molecule has 0 amide bonds. The Balaban J connectivity index is 2.25. The number of benzene rings is 1. The van der Waals surface area contributed by atoms with Gasteiger partial charge in [0.05, 0.1) is 11.1 Å². The van der Waals surface area contributed by atoms with Gasteiger partial charge in [0.1, 0.15) is 5.69 Å². The fourth-order valence-electron chi connectivity index (χ4n) is 2.71. The molecular weight excluding hydrogens is 297 g/mol. The number of fused-ring (bicyclic) bond motifs is 1. The molecule has 0 aliphatic carbocycles. The fourth-order valence-corrected chi connectivity index (χ4v) is 2.71. The van der Waals surface area contributed by atoms with Crippen LogP contribution in [0.15, 0.2) is 24.3 Å². The maximum Gasteiger partial charge on any atom is 0.433 e. The van der Waals surface area contributed by atoms with Crippen LogP contribution in [-0.2, 0) is 6.18 Å². The number of pyridine rings is 1. The third-order valence-corrected chi connectivity index (χ3v) is 3.77. The molecule has 1 saturated heterocycles. The molecule has 0 bridgehead atoms. The molecule has 1 aliphatic heterocycles. The minimum absolute atomic E-state index is 0.0366. The van der Waals surface area contributed by atoms with E-state index >= 15 is 0 Å². The fraction of sp³-hybridized carbons (Fsp3) is 0.333. The summed E-state index contributed by atoms with van der Waals surface area (Å²) < 4.78 is 39.0. The van der Waals surface area contributed by atoms with Crippen molar-refractivity contribution >= 4 is 22.6 Å². The highest BCUT2D eigenvalue weighted by Crippen LogP contribution is 2.36. The second kappa shape index (κ2) is 5.15. The van der Waals surface area contributed by atoms with E-state index in [2.05, 4.69) is 4.98 Å². The number of carboxylic acids is 1. The Kier molecular flexibility index (Phi) is 3.42. The first-order chi connectivity index (χ1) is 10.4. The Bertz CT molecular complexity index is 737. The number of anilines is 1. The number of carboxylic acid groups (broad SMARTS) is 1. The Labute approximate surface area is 124 Å². The second-order valence-corrected chi connectivity index (χ2v) is 5.26. The molecule has 2 heterocycles. The third-order valence-electron chi connectivity index (χ3n) is 3.77. The zero-order valence-electron chi connectivity index (χ0n) is 11.5. The normalized spacial score (nSPS) is 15.5. The Morgan fingerprint density at radius 1 is 1.18 bits per heavy atom. The Morgan fingerprint density at radius 3 is 2.45 bits per heavy atom. The lowest BCUT2D eigenvalue weighted by molar-refractivity contribution is -0.140. The van der Waals surface area contributed by atoms with Gasteiger partial charge in [0, 0.05) is 24.2 Å². The summed E-state index contributed by atoms with van der Waals surface area (Å²) in [6, 6.07) is 5.00. The molecule has 0 atom stereocenters. The lowest BCUT2D eigenvalue weighted by Gasteiger charge is -2.21. The van der Waals surface area contributed by atoms with Crippen LogP contribution >= 0.6 is 0 Å². The van der Waals surface area contributed by atoms with Gasteiger partial charge < -0.3 is 10.0 Å². The van der Waals surface area contributed by atoms with Crippen molar-refractivity contribution in [2.75, 3.05) is 18.0 Å². The van der Waals surface area contributed by atoms with E-state index in [0.29, 0.717) is 24.2 Å². The van der Waals surface area contributed by atoms with Crippen molar-refractivity contribution in [3.8, 4) is 0 Å². The summed E-state index contributed by atoms with van der Waals surface area (Å²) in [5.74, 6) is -1.12. The molecule has 0 radical (unpaired) electrons. The molecule has 1 aromatic carbocycles. The van der Waals surface area contributed by atoms with Crippen LogP contribution in [0.1, 0.15) is 28.9 Å². The maximum atomic E-state index is 13.0. The smallest absolute Gasteiger partial charge is 0.433 e. The number of halogens is 3. The number of aromatic carboxylic acids is 1. The molecule has 1 aliphatic rings. The standard InChI is InChI=1S/C15H13F3N2O2/c16-15(17,18)13-8-12(20-5-1-2-6-20)10-7-9(14(21)22)3-4-11(10)19-13/h3-4,7-8H,1-2,5-6H2,(H,21,22). The summed E-state index contributed by atoms with van der Waals surface area (Å²) in [4.78, 5) is 16.6. The maximum absolute atomic E-state index is 13.0. The van der Waals surface area contributed by atoms with Gasteiger partial charge in [-0.15, -0.1) is 0 Å². The molecule has 116 valence electrons. The van der Waals surface area contributed by atoms with Gasteiger partial charge in [-0.3, -0.25) is 0 Å². The van der Waals surface area contributed by atoms with Gasteiger partial charge in [0.2, 0.25) is 0 Å². The second-order valence-electron chi connectivity index (χ2n) is 5.26. The van der Waals surface area contributed by atoms with E-state index in [0.717, 1.165) is 18.9 Å². The molecule has 1 fully saturated rings. The minimum atomic E-state index is -4.53. The third kappa shape index (κ3) is 2.58. The van der Waals surface area contributed by atoms with Crippen LogP contribution < -0.4 is 4.90 Å². The quantitative estimate of drug-likeness (QED) is 0.921. The molecule has 3 rings (SSSR count). The van der Waals surface area contributed by atoms with Crippen LogP contribution in [0.4, 0.5) is 18.9 Å². The predicted molar refractivity (Wildman–Crippen MR) is 75.2 cm³/mol. The van der Waals surface area contributed by atoms with E-state index in [4.69, 9.17) is 5.11 Å². The molecule has 1 aromatic heterocycles. The van der Waals surface area contributed by atoms with Crippen LogP contribution in [0.5, 0.6) is 0 Å². The van der Waals surface area contributed by atoms with Crippen LogP contribution in [0.3, 0.4) is 0 Å². The van der Waals surface area contributed by atoms with E-state index in [1.54, 1.807) is 0 Å². The van der Waals surface area contributed by atoms with Crippen molar-refractivity contribution in [1.29, 1.82) is 0 Å². The zero-order chi connectivity index (χ0) is 15.9. The van der Waals surface area contributed by atoms with E-state index in [-0.39, 0.29) is 11.1 Å². The lowest BCUT2D eigenvalue weighted by Crippen LogP contribution is -2.20. The van der Waals surface area contributed by atoms with E-state index in [1.807, 2.05) is 4.90 Å². The summed E-state index contributed by atoms with van der Waals surface area (Å²) in [7, 11) is 0. The molecule has 0 unspecified atom stereocenters. The number of nitrogens with zero attached hydrogens (tertiary/aromatic N) is 2. The molecular formula is C15H13F3N2O2. The minimum Gasteiger partial charge on any atom is -0.478 e. The van der Waals surface area contributed by atoms with Crippen molar-refractivity contribution in [2.45, 2.75) is 19.0 Å². The zero-order valence-corrected chi connectivity index (χ0v) is 11.5. The number of hydrogen-bond donors (Lipinski definition) is 1. The number of alkyl halides is 3. The van der Waals surface area contributed by atoms with Crippen molar-refractivity contribution in [1.82, 2.24) is 4.98 Å². The summed E-state index contributed by atoms with van der Waals surface area (Å²) in [6.45, 7) is 1.32. The van der Waals surface area contributed by atoms with Gasteiger partial charge in [-0.2, -0.15) is 13.2 Å². The number of aromatic nitrogens is 1. The van der Waals surface area contributed by atoms with Crippen LogP contribution in [0, 0.1) is 0 Å². The van der Waals surface area contributed by atoms with E-state index in [9.17, 15) is 18.0 Å². The van der Waals surface area contributed by atoms with Gasteiger partial charge in [-0.25, -0.2) is 9.78 Å². The van der Waals surface area contributed by atoms with Gasteiger partial charge in [-0.05, 0) is 37.1 Å². The van der Waals surface area contributed by atoms with Gasteiger partial charge in [0.15, 0.2) is 0 Å². The molecule has 1 N–H and O–H groups in total. The van der Waals surface area contributed by atoms with E-state index in [1.165, 1.54) is 18.2 Å². The highest BCUT2D eigenvalue weighted by Gasteiger charge is 2.34. The number of hydrogen-bond acceptors (Lipinski definition) is 3. The summed E-state index contributed by atoms with van der Waals surface area (Å²) in [5, 5.41) is 9.51. The first kappa shape index (κ1) is 14.6. The first-order valence-electron chi connectivity index (χ1n) is 6.86. The summed E-state index contributed by atoms with van der Waals surface area (Å²) >= 11 is 0. The lowest BCUT2D eigenvalue weighted by atomic mass is 10.1. The molecule has 7 heteroatoms. The summed E-state index contributed by atoms with van der Waals surface area (Å²) in [6.07, 6.45) is -2.72. The van der Waals surface area contributed by atoms with Crippen LogP contribution in [-0.4, -0.2) is 29.1 Å². The predicted octanol–water partition coefficient (Wildman–Crippen LogP) is 3.55. The monoisotopic (exact) mass is 310 g/mol. The Morgan fingerprint density at radius 2 is 1.86 bits per heavy atom. The SMILES string of the molecule is O=C(O)c1ccc2nc(C(F)(F)F)cc(N3CCCC3)c2c1. The molecule has 2 aromatic rings. The Hall–Kier alpha value is -2.31. The van der Waals surface area contributed by atoms with E-state index < -0.39 is 17.8 Å². The average Bonchev–Trinajstić information content (AvgIpc) is 2.98. The van der Waals surface area contributed by atoms with Crippen molar-refractivity contribution < 1.29 is 23.1 Å². The molecule has 0 spiro atoms. The number of rotatable bonds is 2. The first-order valence-corrected chi connectivity index (χ1v) is 6.86. The van der Waals surface area contributed by atoms with Crippen LogP contribution in [0.25, 0.3) is 10.9 Å². The van der Waals surface area contributed by atoms with Crippen molar-refractivity contribution in [3.63, 3.8) is 0 Å². The van der Waals surface area contributed by atoms with Gasteiger partial charge in [0.25, 0.3) is 0 Å². The van der Waals surface area contributed by atoms with Gasteiger partial charge in [-0.1, -0.05) is 0 Å².